The fraction of sp³-hybridized carbons (Fsp3) is 0.455. The summed E-state index contributed by atoms with van der Waals surface area (Å²) in [7, 11) is 0. The Kier molecular flexibility index (Phi) is 13.2. The van der Waals surface area contributed by atoms with Crippen LogP contribution < -0.4 is 4.90 Å². The van der Waals surface area contributed by atoms with Crippen LogP contribution in [0.2, 0.25) is 0 Å². The average Bonchev–Trinajstić information content (AvgIpc) is 3.54. The lowest BCUT2D eigenvalue weighted by Gasteiger charge is -2.45. The second-order valence-electron chi connectivity index (χ2n) is 17.4. The van der Waals surface area contributed by atoms with E-state index in [0.29, 0.717) is 11.8 Å². The van der Waals surface area contributed by atoms with Gasteiger partial charge in [-0.2, -0.15) is 0 Å². The standard InChI is InChI=1S/C55H69N/c1-7-13-20-40(10-4)35-43-27-31-46(32-28-43)56-53-33-29-44(36-41(11-5)21-14-8-2)38-51(53)55(49-25-18-16-23-47(49)48-24-17-19-26-50(48)55)52-39-45(30-34-54(52)56)37-42(12-6)22-15-9-3/h16-19,23-34,38-42H,7-15,20-22,35-37H2,1-6H3. The van der Waals surface area contributed by atoms with Crippen LogP contribution in [0.25, 0.3) is 11.1 Å². The van der Waals surface area contributed by atoms with Crippen molar-refractivity contribution < 1.29 is 0 Å². The molecule has 0 N–H and O–H groups in total. The van der Waals surface area contributed by atoms with Crippen molar-refractivity contribution in [1.29, 1.82) is 0 Å². The number of rotatable bonds is 19. The van der Waals surface area contributed by atoms with Gasteiger partial charge < -0.3 is 4.90 Å². The predicted molar refractivity (Wildman–Crippen MR) is 243 cm³/mol. The first-order valence-electron chi connectivity index (χ1n) is 22.9. The summed E-state index contributed by atoms with van der Waals surface area (Å²) >= 11 is 0. The Morgan fingerprint density at radius 3 is 1.23 bits per heavy atom. The van der Waals surface area contributed by atoms with Gasteiger partial charge in [-0.25, -0.2) is 0 Å². The second kappa shape index (κ2) is 18.4. The van der Waals surface area contributed by atoms with Crippen LogP contribution in [0.5, 0.6) is 0 Å². The third-order valence-corrected chi connectivity index (χ3v) is 13.8. The number of fused-ring (bicyclic) bond motifs is 9. The van der Waals surface area contributed by atoms with Crippen LogP contribution in [0, 0.1) is 17.8 Å². The van der Waals surface area contributed by atoms with Gasteiger partial charge in [-0.05, 0) is 111 Å². The molecular weight excluding hydrogens is 675 g/mol. The normalized spacial score (nSPS) is 15.2. The minimum absolute atomic E-state index is 0.399. The lowest BCUT2D eigenvalue weighted by atomic mass is 9.64. The van der Waals surface area contributed by atoms with Gasteiger partial charge in [0.05, 0.1) is 16.8 Å². The molecule has 3 atom stereocenters. The number of nitrogens with zero attached hydrogens (tertiary/aromatic N) is 1. The molecule has 1 heteroatoms. The van der Waals surface area contributed by atoms with Gasteiger partial charge in [0.1, 0.15) is 0 Å². The average molecular weight is 744 g/mol. The van der Waals surface area contributed by atoms with E-state index in [1.54, 1.807) is 0 Å². The van der Waals surface area contributed by atoms with E-state index in [9.17, 15) is 0 Å². The molecule has 0 saturated carbocycles. The molecule has 0 saturated heterocycles. The lowest BCUT2D eigenvalue weighted by Crippen LogP contribution is -2.36. The van der Waals surface area contributed by atoms with E-state index in [1.807, 2.05) is 0 Å². The fourth-order valence-electron chi connectivity index (χ4n) is 10.4. The van der Waals surface area contributed by atoms with Gasteiger partial charge in [0.15, 0.2) is 0 Å². The molecule has 0 aromatic heterocycles. The monoisotopic (exact) mass is 744 g/mol. The first-order chi connectivity index (χ1) is 27.5. The van der Waals surface area contributed by atoms with Crippen LogP contribution in [0.1, 0.15) is 158 Å². The quantitative estimate of drug-likeness (QED) is 0.0797. The maximum Gasteiger partial charge on any atom is 0.0754 e. The molecule has 5 aromatic carbocycles. The number of benzene rings is 5. The lowest BCUT2D eigenvalue weighted by molar-refractivity contribution is 0.448. The highest BCUT2D eigenvalue weighted by molar-refractivity contribution is 5.96. The number of anilines is 3. The highest BCUT2D eigenvalue weighted by Crippen LogP contribution is 2.63. The molecule has 5 aromatic rings. The Bertz CT molecular complexity index is 1920. The van der Waals surface area contributed by atoms with Gasteiger partial charge in [-0.15, -0.1) is 0 Å². The van der Waals surface area contributed by atoms with Gasteiger partial charge in [0.25, 0.3) is 0 Å². The van der Waals surface area contributed by atoms with E-state index in [0.717, 1.165) is 18.8 Å². The zero-order valence-corrected chi connectivity index (χ0v) is 35.7. The Morgan fingerprint density at radius 2 is 0.821 bits per heavy atom. The summed E-state index contributed by atoms with van der Waals surface area (Å²) in [6.45, 7) is 14.1. The topological polar surface area (TPSA) is 3.24 Å². The highest BCUT2D eigenvalue weighted by atomic mass is 15.2. The van der Waals surface area contributed by atoms with Crippen molar-refractivity contribution in [1.82, 2.24) is 0 Å². The Morgan fingerprint density at radius 1 is 0.429 bits per heavy atom. The molecule has 2 aliphatic rings. The molecule has 1 nitrogen and oxygen atoms in total. The molecule has 294 valence electrons. The minimum Gasteiger partial charge on any atom is -0.310 e. The number of hydrogen-bond acceptors (Lipinski definition) is 1. The van der Waals surface area contributed by atoms with Crippen molar-refractivity contribution >= 4 is 17.1 Å². The summed E-state index contributed by atoms with van der Waals surface area (Å²) in [4.78, 5) is 2.62. The summed E-state index contributed by atoms with van der Waals surface area (Å²) < 4.78 is 0. The molecule has 0 amide bonds. The molecule has 3 unspecified atom stereocenters. The maximum absolute atomic E-state index is 2.65. The Hall–Kier alpha value is -4.10. The molecule has 1 aliphatic carbocycles. The summed E-state index contributed by atoms with van der Waals surface area (Å²) in [5, 5.41) is 0. The largest absolute Gasteiger partial charge is 0.310 e. The zero-order chi connectivity index (χ0) is 39.1. The zero-order valence-electron chi connectivity index (χ0n) is 35.7. The van der Waals surface area contributed by atoms with E-state index in [1.165, 1.54) is 151 Å². The van der Waals surface area contributed by atoms with Gasteiger partial charge in [0.2, 0.25) is 0 Å². The van der Waals surface area contributed by atoms with Gasteiger partial charge in [0, 0.05) is 5.69 Å². The molecule has 0 bridgehead atoms. The van der Waals surface area contributed by atoms with Crippen LogP contribution >= 0.6 is 0 Å². The molecule has 0 radical (unpaired) electrons. The SMILES string of the molecule is CCCCC(CC)Cc1ccc(N2c3ccc(CC(CC)CCCC)cc3C3(c4ccccc4-c4ccccc43)c3cc(CC(CC)CCCC)ccc32)cc1. The van der Waals surface area contributed by atoms with E-state index >= 15 is 0 Å². The van der Waals surface area contributed by atoms with Crippen molar-refractivity contribution in [2.75, 3.05) is 4.90 Å². The maximum atomic E-state index is 2.65. The van der Waals surface area contributed by atoms with Gasteiger partial charge in [-0.1, -0.05) is 204 Å². The van der Waals surface area contributed by atoms with Crippen LogP contribution in [0.15, 0.2) is 109 Å². The Labute approximate surface area is 341 Å². The van der Waals surface area contributed by atoms with E-state index in [4.69, 9.17) is 0 Å². The van der Waals surface area contributed by atoms with E-state index in [2.05, 4.69) is 156 Å². The highest BCUT2D eigenvalue weighted by Gasteiger charge is 2.52. The summed E-state index contributed by atoms with van der Waals surface area (Å²) in [6, 6.07) is 43.6. The van der Waals surface area contributed by atoms with E-state index < -0.39 is 5.41 Å². The summed E-state index contributed by atoms with van der Waals surface area (Å²) in [5.74, 6) is 2.16. The van der Waals surface area contributed by atoms with Crippen LogP contribution in [0.4, 0.5) is 17.1 Å². The van der Waals surface area contributed by atoms with Crippen LogP contribution in [0.3, 0.4) is 0 Å². The number of hydrogen-bond donors (Lipinski definition) is 0. The minimum atomic E-state index is -0.399. The van der Waals surface area contributed by atoms with Gasteiger partial charge >= 0.3 is 0 Å². The van der Waals surface area contributed by atoms with Crippen molar-refractivity contribution in [3.8, 4) is 11.1 Å². The second-order valence-corrected chi connectivity index (χ2v) is 17.4. The smallest absolute Gasteiger partial charge is 0.0754 e. The molecule has 1 heterocycles. The molecular formula is C55H69N. The van der Waals surface area contributed by atoms with Crippen molar-refractivity contribution in [3.63, 3.8) is 0 Å². The first kappa shape index (κ1) is 40.1. The van der Waals surface area contributed by atoms with E-state index in [-0.39, 0.29) is 0 Å². The third kappa shape index (κ3) is 7.77. The van der Waals surface area contributed by atoms with Crippen molar-refractivity contribution in [2.24, 2.45) is 17.8 Å². The van der Waals surface area contributed by atoms with Crippen LogP contribution in [-0.2, 0) is 24.7 Å². The summed E-state index contributed by atoms with van der Waals surface area (Å²) in [5.41, 5.74) is 16.4. The Balaban J connectivity index is 1.45. The van der Waals surface area contributed by atoms with Crippen molar-refractivity contribution in [3.05, 3.63) is 148 Å². The first-order valence-corrected chi connectivity index (χ1v) is 22.9. The molecule has 1 aliphatic heterocycles. The molecule has 1 spiro atoms. The fourth-order valence-corrected chi connectivity index (χ4v) is 10.4. The third-order valence-electron chi connectivity index (χ3n) is 13.8. The molecule has 56 heavy (non-hydrogen) atoms. The van der Waals surface area contributed by atoms with Crippen LogP contribution in [-0.4, -0.2) is 0 Å². The number of unbranched alkanes of at least 4 members (excludes halogenated alkanes) is 3. The van der Waals surface area contributed by atoms with Crippen molar-refractivity contribution in [2.45, 2.75) is 143 Å². The van der Waals surface area contributed by atoms with Gasteiger partial charge in [-0.3, -0.25) is 0 Å². The predicted octanol–water partition coefficient (Wildman–Crippen LogP) is 16.1. The molecule has 0 fully saturated rings. The molecule has 7 rings (SSSR count). The summed E-state index contributed by atoms with van der Waals surface area (Å²) in [6.07, 6.45) is 18.8.